The fraction of sp³-hybridized carbons (Fsp3) is 0.455. The molecule has 0 spiro atoms. The summed E-state index contributed by atoms with van der Waals surface area (Å²) in [6, 6.07) is 7.02. The predicted octanol–water partition coefficient (Wildman–Crippen LogP) is 0.848. The molecule has 0 bridgehead atoms. The lowest BCUT2D eigenvalue weighted by Gasteiger charge is -2.35. The Morgan fingerprint density at radius 3 is 2.67 bits per heavy atom. The standard InChI is InChI=1S/C22H25N5O6/c1-14-8-19(24-33-14)23-20(28)12-25-4-6-26(7-5-25)22(30)15-9-21(29)27(11-15)16-2-3-17-18(10-16)32-13-31-17/h2-3,8,10,15H,4-7,9,11-13H2,1H3,(H,23,24,28)/t15-/m0/s1. The van der Waals surface area contributed by atoms with Crippen molar-refractivity contribution in [2.45, 2.75) is 13.3 Å². The van der Waals surface area contributed by atoms with Gasteiger partial charge in [0.05, 0.1) is 12.5 Å². The van der Waals surface area contributed by atoms with Crippen LogP contribution in [0, 0.1) is 12.8 Å². The number of carbonyl (C=O) groups excluding carboxylic acids is 3. The van der Waals surface area contributed by atoms with Gasteiger partial charge in [0.25, 0.3) is 0 Å². The molecule has 3 aliphatic rings. The molecule has 0 aliphatic carbocycles. The molecule has 11 heteroatoms. The van der Waals surface area contributed by atoms with Gasteiger partial charge in [-0.3, -0.25) is 19.3 Å². The van der Waals surface area contributed by atoms with Crippen LogP contribution in [0.25, 0.3) is 0 Å². The maximum atomic E-state index is 13.1. The van der Waals surface area contributed by atoms with Crippen molar-refractivity contribution in [3.63, 3.8) is 0 Å². The van der Waals surface area contributed by atoms with Crippen molar-refractivity contribution >= 4 is 29.2 Å². The van der Waals surface area contributed by atoms with E-state index in [4.69, 9.17) is 14.0 Å². The van der Waals surface area contributed by atoms with Crippen molar-refractivity contribution < 1.29 is 28.4 Å². The molecule has 1 N–H and O–H groups in total. The minimum atomic E-state index is -0.381. The third-order valence-electron chi connectivity index (χ3n) is 6.09. The first-order valence-corrected chi connectivity index (χ1v) is 10.9. The number of nitrogens with zero attached hydrogens (tertiary/aromatic N) is 4. The average Bonchev–Trinajstić information content (AvgIpc) is 3.53. The summed E-state index contributed by atoms with van der Waals surface area (Å²) in [6.07, 6.45) is 0.188. The van der Waals surface area contributed by atoms with Crippen LogP contribution in [-0.2, 0) is 14.4 Å². The summed E-state index contributed by atoms with van der Waals surface area (Å²) < 4.78 is 15.7. The zero-order valence-electron chi connectivity index (χ0n) is 18.3. The van der Waals surface area contributed by atoms with Gasteiger partial charge in [-0.1, -0.05) is 5.16 Å². The summed E-state index contributed by atoms with van der Waals surface area (Å²) in [5.74, 6) is 1.62. The van der Waals surface area contributed by atoms with Crippen LogP contribution >= 0.6 is 0 Å². The molecule has 1 aromatic carbocycles. The van der Waals surface area contributed by atoms with E-state index >= 15 is 0 Å². The summed E-state index contributed by atoms with van der Waals surface area (Å²) in [4.78, 5) is 43.3. The smallest absolute Gasteiger partial charge is 0.239 e. The molecule has 33 heavy (non-hydrogen) atoms. The number of aromatic nitrogens is 1. The fourth-order valence-corrected chi connectivity index (χ4v) is 4.37. The first-order valence-electron chi connectivity index (χ1n) is 10.9. The number of piperazine rings is 1. The van der Waals surface area contributed by atoms with E-state index in [0.717, 1.165) is 0 Å². The monoisotopic (exact) mass is 455 g/mol. The highest BCUT2D eigenvalue weighted by Crippen LogP contribution is 2.37. The molecule has 0 radical (unpaired) electrons. The van der Waals surface area contributed by atoms with Gasteiger partial charge in [-0.15, -0.1) is 0 Å². The summed E-state index contributed by atoms with van der Waals surface area (Å²) >= 11 is 0. The molecule has 0 saturated carbocycles. The van der Waals surface area contributed by atoms with E-state index in [-0.39, 0.29) is 43.4 Å². The van der Waals surface area contributed by atoms with Crippen molar-refractivity contribution in [1.29, 1.82) is 0 Å². The molecule has 1 atom stereocenters. The predicted molar refractivity (Wildman–Crippen MR) is 116 cm³/mol. The number of anilines is 2. The molecule has 11 nitrogen and oxygen atoms in total. The van der Waals surface area contributed by atoms with Crippen molar-refractivity contribution in [3.05, 3.63) is 30.0 Å². The number of hydrogen-bond donors (Lipinski definition) is 1. The molecule has 1 aromatic heterocycles. The first kappa shape index (κ1) is 21.3. The second kappa shape index (κ2) is 8.74. The SMILES string of the molecule is Cc1cc(NC(=O)CN2CCN(C(=O)[C@H]3CC(=O)N(c4ccc5c(c4)OCO5)C3)CC2)no1. The van der Waals surface area contributed by atoms with Crippen molar-refractivity contribution in [1.82, 2.24) is 15.0 Å². The molecule has 3 aliphatic heterocycles. The van der Waals surface area contributed by atoms with Gasteiger partial charge in [-0.2, -0.15) is 0 Å². The van der Waals surface area contributed by atoms with E-state index in [1.165, 1.54) is 0 Å². The molecule has 2 aromatic rings. The van der Waals surface area contributed by atoms with E-state index in [2.05, 4.69) is 10.5 Å². The van der Waals surface area contributed by atoms with Crippen LogP contribution in [0.5, 0.6) is 11.5 Å². The summed E-state index contributed by atoms with van der Waals surface area (Å²) in [5.41, 5.74) is 0.706. The Morgan fingerprint density at radius 2 is 1.91 bits per heavy atom. The van der Waals surface area contributed by atoms with Gasteiger partial charge >= 0.3 is 0 Å². The minimum absolute atomic E-state index is 0.0197. The third-order valence-corrected chi connectivity index (χ3v) is 6.09. The normalized spacial score (nSPS) is 20.4. The van der Waals surface area contributed by atoms with Gasteiger partial charge in [0.15, 0.2) is 17.3 Å². The molecule has 2 saturated heterocycles. The highest BCUT2D eigenvalue weighted by atomic mass is 16.7. The van der Waals surface area contributed by atoms with Crippen LogP contribution in [0.2, 0.25) is 0 Å². The van der Waals surface area contributed by atoms with Gasteiger partial charge in [0, 0.05) is 57.0 Å². The number of nitrogens with one attached hydrogen (secondary N) is 1. The first-order chi connectivity index (χ1) is 16.0. The summed E-state index contributed by atoms with van der Waals surface area (Å²) in [7, 11) is 0. The van der Waals surface area contributed by atoms with Crippen molar-refractivity contribution in [2.75, 3.05) is 56.3 Å². The van der Waals surface area contributed by atoms with Crippen molar-refractivity contribution in [3.8, 4) is 11.5 Å². The Labute approximate surface area is 190 Å². The molecule has 0 unspecified atom stereocenters. The van der Waals surface area contributed by atoms with Gasteiger partial charge in [0.2, 0.25) is 24.5 Å². The topological polar surface area (TPSA) is 117 Å². The molecule has 2 fully saturated rings. The summed E-state index contributed by atoms with van der Waals surface area (Å²) in [6.45, 7) is 4.69. The lowest BCUT2D eigenvalue weighted by Crippen LogP contribution is -2.52. The Bertz CT molecular complexity index is 1080. The van der Waals surface area contributed by atoms with Crippen LogP contribution in [0.15, 0.2) is 28.8 Å². The van der Waals surface area contributed by atoms with Gasteiger partial charge in [0.1, 0.15) is 5.76 Å². The Morgan fingerprint density at radius 1 is 1.12 bits per heavy atom. The van der Waals surface area contributed by atoms with Crippen LogP contribution in [0.4, 0.5) is 11.5 Å². The van der Waals surface area contributed by atoms with E-state index in [9.17, 15) is 14.4 Å². The van der Waals surface area contributed by atoms with Crippen LogP contribution in [0.3, 0.4) is 0 Å². The fourth-order valence-electron chi connectivity index (χ4n) is 4.37. The highest BCUT2D eigenvalue weighted by Gasteiger charge is 2.38. The maximum Gasteiger partial charge on any atom is 0.239 e. The van der Waals surface area contributed by atoms with Gasteiger partial charge < -0.3 is 29.1 Å². The number of carbonyl (C=O) groups is 3. The number of aryl methyl sites for hydroxylation is 1. The molecule has 5 rings (SSSR count). The number of ether oxygens (including phenoxy) is 2. The lowest BCUT2D eigenvalue weighted by molar-refractivity contribution is -0.137. The molecular formula is C22H25N5O6. The molecule has 3 amide bonds. The van der Waals surface area contributed by atoms with Crippen LogP contribution in [-0.4, -0.2) is 78.7 Å². The molecule has 174 valence electrons. The minimum Gasteiger partial charge on any atom is -0.454 e. The van der Waals surface area contributed by atoms with E-state index in [1.807, 2.05) is 11.0 Å². The number of hydrogen-bond acceptors (Lipinski definition) is 8. The maximum absolute atomic E-state index is 13.1. The van der Waals surface area contributed by atoms with E-state index < -0.39 is 0 Å². The lowest BCUT2D eigenvalue weighted by atomic mass is 10.1. The Balaban J connectivity index is 1.12. The number of amides is 3. The van der Waals surface area contributed by atoms with E-state index in [0.29, 0.717) is 61.5 Å². The average molecular weight is 455 g/mol. The van der Waals surface area contributed by atoms with Crippen molar-refractivity contribution in [2.24, 2.45) is 5.92 Å². The van der Waals surface area contributed by atoms with Gasteiger partial charge in [-0.25, -0.2) is 0 Å². The third kappa shape index (κ3) is 4.49. The zero-order chi connectivity index (χ0) is 22.9. The number of benzene rings is 1. The quantitative estimate of drug-likeness (QED) is 0.705. The second-order valence-electron chi connectivity index (χ2n) is 8.42. The van der Waals surface area contributed by atoms with E-state index in [1.54, 1.807) is 34.9 Å². The summed E-state index contributed by atoms with van der Waals surface area (Å²) in [5, 5.41) is 6.46. The second-order valence-corrected chi connectivity index (χ2v) is 8.42. The largest absolute Gasteiger partial charge is 0.454 e. The van der Waals surface area contributed by atoms with Crippen LogP contribution < -0.4 is 19.7 Å². The Kier molecular flexibility index (Phi) is 5.63. The number of fused-ring (bicyclic) bond motifs is 1. The zero-order valence-corrected chi connectivity index (χ0v) is 18.3. The molecule has 4 heterocycles. The van der Waals surface area contributed by atoms with Crippen LogP contribution in [0.1, 0.15) is 12.2 Å². The Hall–Kier alpha value is -3.60. The highest BCUT2D eigenvalue weighted by molar-refractivity contribution is 6.00. The molecular weight excluding hydrogens is 430 g/mol. The number of rotatable bonds is 5. The van der Waals surface area contributed by atoms with Gasteiger partial charge in [-0.05, 0) is 19.1 Å².